The number of anilines is 1. The number of benzene rings is 2. The quantitative estimate of drug-likeness (QED) is 0.248. The van der Waals surface area contributed by atoms with Crippen LogP contribution in [0, 0.1) is 0 Å². The standard InChI is InChI=1S/C23H15ClN4OS/c24-17-8-4-7-16(11-17)20-10-9-18(29-20)12-27-28-22-21-19(15-5-2-1-3-6-15)13-30-23(21)26-14-25-22/h1-14H,(H,25,26,28). The Kier molecular flexibility index (Phi) is 5.01. The number of nitrogens with one attached hydrogen (secondary N) is 1. The zero-order valence-electron chi connectivity index (χ0n) is 15.6. The van der Waals surface area contributed by atoms with Crippen LogP contribution in [0.15, 0.2) is 88.0 Å². The van der Waals surface area contributed by atoms with Crippen molar-refractivity contribution in [2.24, 2.45) is 5.10 Å². The van der Waals surface area contributed by atoms with E-state index in [1.54, 1.807) is 17.6 Å². The first kappa shape index (κ1) is 18.5. The summed E-state index contributed by atoms with van der Waals surface area (Å²) in [6, 6.07) is 21.5. The predicted octanol–water partition coefficient (Wildman–Crippen LogP) is 6.72. The third kappa shape index (κ3) is 3.70. The molecule has 0 amide bonds. The van der Waals surface area contributed by atoms with Gasteiger partial charge in [-0.1, -0.05) is 54.1 Å². The topological polar surface area (TPSA) is 63.3 Å². The molecule has 0 atom stereocenters. The molecule has 0 unspecified atom stereocenters. The summed E-state index contributed by atoms with van der Waals surface area (Å²) in [6.07, 6.45) is 3.16. The molecule has 0 fully saturated rings. The van der Waals surface area contributed by atoms with E-state index in [1.165, 1.54) is 6.33 Å². The molecule has 0 aliphatic carbocycles. The van der Waals surface area contributed by atoms with Crippen molar-refractivity contribution in [3.8, 4) is 22.5 Å². The number of fused-ring (bicyclic) bond motifs is 1. The second-order valence-electron chi connectivity index (χ2n) is 6.50. The third-order valence-corrected chi connectivity index (χ3v) is 5.67. The lowest BCUT2D eigenvalue weighted by Gasteiger charge is -2.04. The number of hydrazone groups is 1. The summed E-state index contributed by atoms with van der Waals surface area (Å²) >= 11 is 7.64. The summed E-state index contributed by atoms with van der Waals surface area (Å²) in [5, 5.41) is 8.03. The number of nitrogens with zero attached hydrogens (tertiary/aromatic N) is 3. The fourth-order valence-electron chi connectivity index (χ4n) is 3.17. The third-order valence-electron chi connectivity index (χ3n) is 4.55. The van der Waals surface area contributed by atoms with Gasteiger partial charge in [-0.25, -0.2) is 9.97 Å². The van der Waals surface area contributed by atoms with E-state index < -0.39 is 0 Å². The number of furan rings is 1. The minimum absolute atomic E-state index is 0.622. The van der Waals surface area contributed by atoms with Crippen molar-refractivity contribution in [3.63, 3.8) is 0 Å². The van der Waals surface area contributed by atoms with Gasteiger partial charge in [0.1, 0.15) is 22.7 Å². The van der Waals surface area contributed by atoms with E-state index in [4.69, 9.17) is 16.0 Å². The lowest BCUT2D eigenvalue weighted by Crippen LogP contribution is -1.95. The summed E-state index contributed by atoms with van der Waals surface area (Å²) in [5.41, 5.74) is 6.14. The second kappa shape index (κ2) is 8.10. The molecule has 5 nitrogen and oxygen atoms in total. The Morgan fingerprint density at radius 3 is 2.70 bits per heavy atom. The van der Waals surface area contributed by atoms with Crippen LogP contribution in [0.4, 0.5) is 5.82 Å². The minimum atomic E-state index is 0.622. The van der Waals surface area contributed by atoms with E-state index in [1.807, 2.05) is 54.6 Å². The van der Waals surface area contributed by atoms with Gasteiger partial charge in [-0.2, -0.15) is 5.10 Å². The lowest BCUT2D eigenvalue weighted by molar-refractivity contribution is 0.575. The highest BCUT2D eigenvalue weighted by atomic mass is 35.5. The zero-order valence-corrected chi connectivity index (χ0v) is 17.2. The number of hydrogen-bond acceptors (Lipinski definition) is 6. The van der Waals surface area contributed by atoms with Gasteiger partial charge in [0.15, 0.2) is 5.82 Å². The summed E-state index contributed by atoms with van der Waals surface area (Å²) in [6.45, 7) is 0. The highest BCUT2D eigenvalue weighted by Gasteiger charge is 2.12. The van der Waals surface area contributed by atoms with E-state index in [0.29, 0.717) is 16.6 Å². The van der Waals surface area contributed by atoms with Gasteiger partial charge in [-0.15, -0.1) is 11.3 Å². The highest BCUT2D eigenvalue weighted by molar-refractivity contribution is 7.17. The molecule has 5 rings (SSSR count). The van der Waals surface area contributed by atoms with Crippen molar-refractivity contribution in [2.45, 2.75) is 0 Å². The Bertz CT molecular complexity index is 1340. The maximum atomic E-state index is 6.06. The van der Waals surface area contributed by atoms with E-state index in [9.17, 15) is 0 Å². The molecule has 146 valence electrons. The molecule has 0 spiro atoms. The second-order valence-corrected chi connectivity index (χ2v) is 7.79. The molecule has 0 radical (unpaired) electrons. The molecule has 1 N–H and O–H groups in total. The molecule has 3 heterocycles. The SMILES string of the molecule is Clc1cccc(-c2ccc(C=NNc3ncnc4scc(-c5ccccc5)c34)o2)c1. The van der Waals surface area contributed by atoms with Crippen molar-refractivity contribution in [1.82, 2.24) is 9.97 Å². The number of hydrogen-bond donors (Lipinski definition) is 1. The molecular formula is C23H15ClN4OS. The molecule has 30 heavy (non-hydrogen) atoms. The first-order chi connectivity index (χ1) is 14.8. The Morgan fingerprint density at radius 1 is 0.967 bits per heavy atom. The van der Waals surface area contributed by atoms with Gasteiger partial charge in [0.2, 0.25) is 0 Å². The van der Waals surface area contributed by atoms with Crippen LogP contribution in [-0.4, -0.2) is 16.2 Å². The van der Waals surface area contributed by atoms with Gasteiger partial charge in [-0.3, -0.25) is 5.43 Å². The lowest BCUT2D eigenvalue weighted by atomic mass is 10.1. The Labute approximate surface area is 181 Å². The smallest absolute Gasteiger partial charge is 0.159 e. The van der Waals surface area contributed by atoms with Crippen LogP contribution >= 0.6 is 22.9 Å². The normalized spacial score (nSPS) is 11.4. The number of aromatic nitrogens is 2. The molecule has 2 aromatic carbocycles. The Balaban J connectivity index is 1.41. The first-order valence-corrected chi connectivity index (χ1v) is 10.5. The monoisotopic (exact) mass is 430 g/mol. The maximum Gasteiger partial charge on any atom is 0.159 e. The molecule has 0 bridgehead atoms. The summed E-state index contributed by atoms with van der Waals surface area (Å²) in [5.74, 6) is 2.00. The Hall–Kier alpha value is -3.48. The summed E-state index contributed by atoms with van der Waals surface area (Å²) < 4.78 is 5.85. The van der Waals surface area contributed by atoms with Gasteiger partial charge >= 0.3 is 0 Å². The largest absolute Gasteiger partial charge is 0.455 e. The van der Waals surface area contributed by atoms with Crippen LogP contribution < -0.4 is 5.43 Å². The van der Waals surface area contributed by atoms with Crippen LogP contribution in [0.5, 0.6) is 0 Å². The van der Waals surface area contributed by atoms with Gasteiger partial charge < -0.3 is 4.42 Å². The van der Waals surface area contributed by atoms with Crippen molar-refractivity contribution in [2.75, 3.05) is 5.43 Å². The van der Waals surface area contributed by atoms with Crippen molar-refractivity contribution >= 4 is 45.2 Å². The molecule has 3 aromatic heterocycles. The van der Waals surface area contributed by atoms with Crippen molar-refractivity contribution in [3.05, 3.63) is 89.2 Å². The number of thiophene rings is 1. The Morgan fingerprint density at radius 2 is 1.83 bits per heavy atom. The zero-order chi connectivity index (χ0) is 20.3. The number of halogens is 1. The van der Waals surface area contributed by atoms with Crippen LogP contribution in [0.3, 0.4) is 0 Å². The van der Waals surface area contributed by atoms with Crippen LogP contribution in [-0.2, 0) is 0 Å². The molecule has 7 heteroatoms. The molecule has 0 aliphatic rings. The van der Waals surface area contributed by atoms with E-state index in [2.05, 4.69) is 38.0 Å². The van der Waals surface area contributed by atoms with Crippen LogP contribution in [0.2, 0.25) is 5.02 Å². The number of rotatable bonds is 5. The fraction of sp³-hybridized carbons (Fsp3) is 0. The van der Waals surface area contributed by atoms with Crippen molar-refractivity contribution in [1.29, 1.82) is 0 Å². The average Bonchev–Trinajstić information content (AvgIpc) is 3.42. The van der Waals surface area contributed by atoms with E-state index >= 15 is 0 Å². The fourth-order valence-corrected chi connectivity index (χ4v) is 4.27. The summed E-state index contributed by atoms with van der Waals surface area (Å²) in [7, 11) is 0. The minimum Gasteiger partial charge on any atom is -0.455 e. The average molecular weight is 431 g/mol. The maximum absolute atomic E-state index is 6.06. The predicted molar refractivity (Wildman–Crippen MR) is 123 cm³/mol. The molecule has 0 saturated heterocycles. The van der Waals surface area contributed by atoms with Crippen LogP contribution in [0.1, 0.15) is 5.76 Å². The molecule has 0 aliphatic heterocycles. The van der Waals surface area contributed by atoms with Gasteiger partial charge in [0, 0.05) is 21.5 Å². The van der Waals surface area contributed by atoms with E-state index in [0.717, 1.165) is 32.7 Å². The van der Waals surface area contributed by atoms with Gasteiger partial charge in [-0.05, 0) is 29.8 Å². The van der Waals surface area contributed by atoms with Crippen molar-refractivity contribution < 1.29 is 4.42 Å². The molecule has 5 aromatic rings. The van der Waals surface area contributed by atoms with Gasteiger partial charge in [0.25, 0.3) is 0 Å². The summed E-state index contributed by atoms with van der Waals surface area (Å²) in [4.78, 5) is 9.67. The van der Waals surface area contributed by atoms with E-state index in [-0.39, 0.29) is 0 Å². The first-order valence-electron chi connectivity index (χ1n) is 9.20. The van der Waals surface area contributed by atoms with Crippen LogP contribution in [0.25, 0.3) is 32.7 Å². The molecule has 0 saturated carbocycles. The molecular weight excluding hydrogens is 416 g/mol. The van der Waals surface area contributed by atoms with Gasteiger partial charge in [0.05, 0.1) is 11.6 Å². The highest BCUT2D eigenvalue weighted by Crippen LogP contribution is 2.36.